The second-order valence-corrected chi connectivity index (χ2v) is 6.82. The van der Waals surface area contributed by atoms with Crippen LogP contribution in [0.1, 0.15) is 37.3 Å². The average molecular weight is 418 g/mol. The summed E-state index contributed by atoms with van der Waals surface area (Å²) in [5, 5.41) is 10.1. The number of benzene rings is 2. The molecular weight excluding hydrogens is 397 g/mol. The van der Waals surface area contributed by atoms with Crippen molar-refractivity contribution in [2.24, 2.45) is 0 Å². The zero-order valence-corrected chi connectivity index (χ0v) is 16.5. The molecule has 0 fully saturated rings. The Kier molecular flexibility index (Phi) is 6.39. The molecule has 0 aliphatic rings. The summed E-state index contributed by atoms with van der Waals surface area (Å²) in [5.74, 6) is 0.317. The molecule has 1 aromatic heterocycles. The third kappa shape index (κ3) is 5.16. The number of nitrogens with zero attached hydrogens (tertiary/aromatic N) is 3. The first-order valence-electron chi connectivity index (χ1n) is 9.36. The third-order valence-corrected chi connectivity index (χ3v) is 4.72. The van der Waals surface area contributed by atoms with Crippen LogP contribution in [0.15, 0.2) is 55.1 Å². The van der Waals surface area contributed by atoms with E-state index in [2.05, 4.69) is 29.4 Å². The number of nitrogens with one attached hydrogen (secondary N) is 1. The van der Waals surface area contributed by atoms with Crippen LogP contribution in [0.5, 0.6) is 5.75 Å². The van der Waals surface area contributed by atoms with Crippen molar-refractivity contribution in [3.05, 3.63) is 66.2 Å². The van der Waals surface area contributed by atoms with Crippen LogP contribution in [-0.2, 0) is 11.0 Å². The van der Waals surface area contributed by atoms with E-state index in [1.807, 2.05) is 12.1 Å². The zero-order valence-electron chi connectivity index (χ0n) is 16.5. The van der Waals surface area contributed by atoms with Gasteiger partial charge in [-0.05, 0) is 54.3 Å². The molecule has 3 aromatic rings. The second kappa shape index (κ2) is 8.98. The minimum atomic E-state index is -4.42. The van der Waals surface area contributed by atoms with Gasteiger partial charge in [-0.15, -0.1) is 10.2 Å². The first-order valence-corrected chi connectivity index (χ1v) is 9.36. The zero-order chi connectivity index (χ0) is 21.7. The molecule has 0 spiro atoms. The highest BCUT2D eigenvalue weighted by Gasteiger charge is 2.30. The van der Waals surface area contributed by atoms with Crippen LogP contribution >= 0.6 is 0 Å². The largest absolute Gasteiger partial charge is 0.482 e. The van der Waals surface area contributed by atoms with E-state index in [0.717, 1.165) is 24.1 Å². The fraction of sp³-hybridized carbons (Fsp3) is 0.286. The molecule has 1 atom stereocenters. The van der Waals surface area contributed by atoms with Gasteiger partial charge in [-0.25, -0.2) is 0 Å². The van der Waals surface area contributed by atoms with Gasteiger partial charge in [0.2, 0.25) is 0 Å². The minimum absolute atomic E-state index is 0.253. The molecule has 1 heterocycles. The predicted octanol–water partition coefficient (Wildman–Crippen LogP) is 4.82. The Morgan fingerprint density at radius 3 is 2.40 bits per heavy atom. The van der Waals surface area contributed by atoms with Crippen LogP contribution in [0.3, 0.4) is 0 Å². The van der Waals surface area contributed by atoms with E-state index in [1.54, 1.807) is 10.6 Å². The molecule has 3 rings (SSSR count). The normalized spacial score (nSPS) is 12.4. The highest BCUT2D eigenvalue weighted by molar-refractivity contribution is 5.91. The van der Waals surface area contributed by atoms with Crippen LogP contribution in [0.4, 0.5) is 18.9 Å². The van der Waals surface area contributed by atoms with E-state index < -0.39 is 17.6 Å². The highest BCUT2D eigenvalue weighted by atomic mass is 19.4. The Bertz CT molecular complexity index is 986. The lowest BCUT2D eigenvalue weighted by molar-refractivity contribution is -0.137. The Hall–Kier alpha value is -3.36. The fourth-order valence-corrected chi connectivity index (χ4v) is 2.81. The van der Waals surface area contributed by atoms with Crippen molar-refractivity contribution in [2.45, 2.75) is 32.4 Å². The lowest BCUT2D eigenvalue weighted by Crippen LogP contribution is -2.20. The van der Waals surface area contributed by atoms with E-state index in [1.165, 1.54) is 24.8 Å². The van der Waals surface area contributed by atoms with Crippen LogP contribution in [0.2, 0.25) is 0 Å². The molecule has 6 nitrogen and oxygen atoms in total. The molecule has 0 aliphatic carbocycles. The van der Waals surface area contributed by atoms with E-state index >= 15 is 0 Å². The van der Waals surface area contributed by atoms with E-state index in [-0.39, 0.29) is 12.3 Å². The van der Waals surface area contributed by atoms with Gasteiger partial charge < -0.3 is 10.1 Å². The standard InChI is InChI=1S/C21H21F3N4O2/c1-3-14(2)15-4-9-19(18(10-15)28-12-25-26-13-28)30-11-20(29)27-17-7-5-16(6-8-17)21(22,23)24/h4-10,12-14H,3,11H2,1-2H3,(H,27,29). The summed E-state index contributed by atoms with van der Waals surface area (Å²) < 4.78 is 45.2. The van der Waals surface area contributed by atoms with Gasteiger partial charge in [0.25, 0.3) is 5.91 Å². The smallest absolute Gasteiger partial charge is 0.416 e. The number of aromatic nitrogens is 3. The molecule has 1 unspecified atom stereocenters. The Labute approximate surface area is 171 Å². The van der Waals surface area contributed by atoms with Gasteiger partial charge in [0.05, 0.1) is 11.3 Å². The van der Waals surface area contributed by atoms with Crippen LogP contribution < -0.4 is 10.1 Å². The summed E-state index contributed by atoms with van der Waals surface area (Å²) in [7, 11) is 0. The van der Waals surface area contributed by atoms with Gasteiger partial charge in [-0.2, -0.15) is 13.2 Å². The van der Waals surface area contributed by atoms with Gasteiger partial charge in [0.15, 0.2) is 6.61 Å². The number of carbonyl (C=O) groups is 1. The quantitative estimate of drug-likeness (QED) is 0.598. The summed E-state index contributed by atoms with van der Waals surface area (Å²) in [5.41, 5.74) is 1.28. The van der Waals surface area contributed by atoms with Gasteiger partial charge in [0, 0.05) is 5.69 Å². The van der Waals surface area contributed by atoms with Crippen LogP contribution in [0.25, 0.3) is 5.69 Å². The molecule has 9 heteroatoms. The highest BCUT2D eigenvalue weighted by Crippen LogP contribution is 2.30. The van der Waals surface area contributed by atoms with Crippen LogP contribution in [-0.4, -0.2) is 27.3 Å². The number of carbonyl (C=O) groups excluding carboxylic acids is 1. The second-order valence-electron chi connectivity index (χ2n) is 6.82. The number of ether oxygens (including phenoxy) is 1. The van der Waals surface area contributed by atoms with Crippen molar-refractivity contribution in [2.75, 3.05) is 11.9 Å². The lowest BCUT2D eigenvalue weighted by Gasteiger charge is -2.16. The topological polar surface area (TPSA) is 69.0 Å². The van der Waals surface area contributed by atoms with Gasteiger partial charge in [0.1, 0.15) is 18.4 Å². The summed E-state index contributed by atoms with van der Waals surface area (Å²) in [6.45, 7) is 3.90. The molecular formula is C21H21F3N4O2. The van der Waals surface area contributed by atoms with E-state index in [4.69, 9.17) is 4.74 Å². The maximum atomic E-state index is 12.6. The number of rotatable bonds is 7. The maximum Gasteiger partial charge on any atom is 0.416 e. The van der Waals surface area contributed by atoms with Gasteiger partial charge >= 0.3 is 6.18 Å². The van der Waals surface area contributed by atoms with Crippen LogP contribution in [0, 0.1) is 0 Å². The number of hydrogen-bond acceptors (Lipinski definition) is 4. The van der Waals surface area contributed by atoms with Gasteiger partial charge in [-0.3, -0.25) is 9.36 Å². The molecule has 1 N–H and O–H groups in total. The molecule has 2 aromatic carbocycles. The molecule has 0 saturated carbocycles. The monoisotopic (exact) mass is 418 g/mol. The number of halogens is 3. The van der Waals surface area contributed by atoms with E-state index in [0.29, 0.717) is 17.4 Å². The minimum Gasteiger partial charge on any atom is -0.482 e. The predicted molar refractivity (Wildman–Crippen MR) is 106 cm³/mol. The average Bonchev–Trinajstić information content (AvgIpc) is 3.26. The molecule has 0 radical (unpaired) electrons. The molecule has 0 bridgehead atoms. The first-order chi connectivity index (χ1) is 14.3. The molecule has 0 saturated heterocycles. The summed E-state index contributed by atoms with van der Waals surface area (Å²) in [6.07, 6.45) is -0.390. The Morgan fingerprint density at radius 2 is 1.80 bits per heavy atom. The summed E-state index contributed by atoms with van der Waals surface area (Å²) in [6, 6.07) is 9.89. The van der Waals surface area contributed by atoms with Crippen molar-refractivity contribution in [3.63, 3.8) is 0 Å². The summed E-state index contributed by atoms with van der Waals surface area (Å²) >= 11 is 0. The van der Waals surface area contributed by atoms with Crippen molar-refractivity contribution < 1.29 is 22.7 Å². The SMILES string of the molecule is CCC(C)c1ccc(OCC(=O)Nc2ccc(C(F)(F)F)cc2)c(-n2cnnc2)c1. The number of hydrogen-bond donors (Lipinski definition) is 1. The Morgan fingerprint density at radius 1 is 1.13 bits per heavy atom. The molecule has 158 valence electrons. The van der Waals surface area contributed by atoms with Crippen molar-refractivity contribution in [3.8, 4) is 11.4 Å². The molecule has 30 heavy (non-hydrogen) atoms. The van der Waals surface area contributed by atoms with Crippen molar-refractivity contribution >= 4 is 11.6 Å². The third-order valence-electron chi connectivity index (χ3n) is 4.72. The lowest BCUT2D eigenvalue weighted by atomic mass is 9.98. The maximum absolute atomic E-state index is 12.6. The Balaban J connectivity index is 1.69. The molecule has 0 aliphatic heterocycles. The fourth-order valence-electron chi connectivity index (χ4n) is 2.81. The number of alkyl halides is 3. The number of anilines is 1. The number of amides is 1. The summed E-state index contributed by atoms with van der Waals surface area (Å²) in [4.78, 5) is 12.2. The van der Waals surface area contributed by atoms with Crippen molar-refractivity contribution in [1.29, 1.82) is 0 Å². The van der Waals surface area contributed by atoms with Gasteiger partial charge in [-0.1, -0.05) is 19.9 Å². The van der Waals surface area contributed by atoms with Crippen molar-refractivity contribution in [1.82, 2.24) is 14.8 Å². The molecule has 1 amide bonds. The first kappa shape index (κ1) is 21.4. The van der Waals surface area contributed by atoms with E-state index in [9.17, 15) is 18.0 Å².